The zero-order valence-electron chi connectivity index (χ0n) is 13.6. The minimum absolute atomic E-state index is 0.160. The Morgan fingerprint density at radius 2 is 2.22 bits per heavy atom. The average Bonchev–Trinajstić information content (AvgIpc) is 2.86. The van der Waals surface area contributed by atoms with Crippen molar-refractivity contribution < 1.29 is 14.3 Å². The Labute approximate surface area is 135 Å². The van der Waals surface area contributed by atoms with E-state index in [1.54, 1.807) is 6.92 Å². The Morgan fingerprint density at radius 1 is 1.39 bits per heavy atom. The monoisotopic (exact) mass is 311 g/mol. The molecule has 0 aromatic heterocycles. The number of aryl methyl sites for hydroxylation is 1. The molecule has 0 N–H and O–H groups in total. The van der Waals surface area contributed by atoms with Crippen molar-refractivity contribution in [2.24, 2.45) is 5.92 Å². The summed E-state index contributed by atoms with van der Waals surface area (Å²) in [6, 6.07) is 4.51. The lowest BCUT2D eigenvalue weighted by atomic mass is 9.51. The first-order valence-corrected chi connectivity index (χ1v) is 8.63. The molecule has 4 nitrogen and oxygen atoms in total. The summed E-state index contributed by atoms with van der Waals surface area (Å²) < 4.78 is 6.26. The maximum atomic E-state index is 12.6. The second kappa shape index (κ2) is 4.16. The van der Waals surface area contributed by atoms with Gasteiger partial charge in [0.1, 0.15) is 5.75 Å². The van der Waals surface area contributed by atoms with Gasteiger partial charge >= 0.3 is 0 Å². The highest BCUT2D eigenvalue weighted by Crippen LogP contribution is 2.62. The van der Waals surface area contributed by atoms with Crippen molar-refractivity contribution in [3.8, 4) is 5.75 Å². The van der Waals surface area contributed by atoms with Crippen molar-refractivity contribution in [3.05, 3.63) is 28.8 Å². The average molecular weight is 311 g/mol. The first kappa shape index (κ1) is 13.6. The van der Waals surface area contributed by atoms with Gasteiger partial charge in [0.2, 0.25) is 5.91 Å². The van der Waals surface area contributed by atoms with E-state index in [0.717, 1.165) is 37.1 Å². The van der Waals surface area contributed by atoms with Crippen molar-refractivity contribution in [2.75, 3.05) is 6.54 Å². The highest BCUT2D eigenvalue weighted by Gasteiger charge is 2.65. The highest BCUT2D eigenvalue weighted by molar-refractivity contribution is 5.89. The second-order valence-corrected chi connectivity index (χ2v) is 7.63. The quantitative estimate of drug-likeness (QED) is 0.737. The van der Waals surface area contributed by atoms with Gasteiger partial charge in [0, 0.05) is 36.9 Å². The Balaban J connectivity index is 1.78. The number of rotatable bonds is 0. The zero-order valence-corrected chi connectivity index (χ0v) is 13.6. The van der Waals surface area contributed by atoms with Crippen molar-refractivity contribution in [1.82, 2.24) is 4.90 Å². The van der Waals surface area contributed by atoms with Crippen molar-refractivity contribution >= 4 is 11.7 Å². The van der Waals surface area contributed by atoms with Crippen LogP contribution in [0, 0.1) is 12.8 Å². The van der Waals surface area contributed by atoms with E-state index in [2.05, 4.69) is 19.1 Å². The standard InChI is InChI=1S/C19H21NO3/c1-10-3-4-12-9-14-13-5-6-15(22)18-19(13,16(12)17(10)23-18)7-8-20(14)11(2)21/h3-4,13-14,18H,5-9H2,1-2H3/t13-,14+,18-,19-/m0/s1. The first-order valence-electron chi connectivity index (χ1n) is 8.63. The Hall–Kier alpha value is -1.84. The third-order valence-corrected chi connectivity index (χ3v) is 6.73. The van der Waals surface area contributed by atoms with Gasteiger partial charge in [-0.15, -0.1) is 0 Å². The molecule has 2 heterocycles. The number of ether oxygens (including phenoxy) is 1. The molecule has 1 amide bonds. The third kappa shape index (κ3) is 1.43. The van der Waals surface area contributed by atoms with E-state index in [4.69, 9.17) is 4.74 Å². The summed E-state index contributed by atoms with van der Waals surface area (Å²) in [4.78, 5) is 26.8. The lowest BCUT2D eigenvalue weighted by Crippen LogP contribution is -2.66. The van der Waals surface area contributed by atoms with E-state index in [1.165, 1.54) is 11.1 Å². The van der Waals surface area contributed by atoms with E-state index in [0.29, 0.717) is 12.3 Å². The summed E-state index contributed by atoms with van der Waals surface area (Å²) >= 11 is 0. The van der Waals surface area contributed by atoms with Gasteiger partial charge < -0.3 is 9.64 Å². The molecule has 1 spiro atoms. The number of carbonyl (C=O) groups excluding carboxylic acids is 2. The summed E-state index contributed by atoms with van der Waals surface area (Å²) in [5, 5.41) is 0. The number of Topliss-reactive ketones (excluding diaryl/α,β-unsaturated/α-hetero) is 1. The largest absolute Gasteiger partial charge is 0.481 e. The molecule has 0 radical (unpaired) electrons. The van der Waals surface area contributed by atoms with E-state index in [-0.39, 0.29) is 29.3 Å². The van der Waals surface area contributed by atoms with Crippen molar-refractivity contribution in [3.63, 3.8) is 0 Å². The lowest BCUT2D eigenvalue weighted by Gasteiger charge is -2.57. The van der Waals surface area contributed by atoms with Crippen LogP contribution in [0.4, 0.5) is 0 Å². The molecule has 23 heavy (non-hydrogen) atoms. The summed E-state index contributed by atoms with van der Waals surface area (Å²) in [6.07, 6.45) is 2.90. The second-order valence-electron chi connectivity index (χ2n) is 7.63. The molecule has 2 aliphatic heterocycles. The van der Waals surface area contributed by atoms with E-state index in [1.807, 2.05) is 4.90 Å². The summed E-state index contributed by atoms with van der Waals surface area (Å²) in [5.74, 6) is 1.73. The van der Waals surface area contributed by atoms with Crippen LogP contribution in [-0.2, 0) is 21.4 Å². The molecule has 4 heteroatoms. The molecular formula is C19H21NO3. The number of nitrogens with zero attached hydrogens (tertiary/aromatic N) is 1. The number of carbonyl (C=O) groups is 2. The van der Waals surface area contributed by atoms with Gasteiger partial charge in [-0.25, -0.2) is 0 Å². The molecule has 2 fully saturated rings. The number of ketones is 1. The van der Waals surface area contributed by atoms with Crippen LogP contribution in [0.15, 0.2) is 12.1 Å². The van der Waals surface area contributed by atoms with Crippen LogP contribution < -0.4 is 4.74 Å². The van der Waals surface area contributed by atoms with Crippen LogP contribution in [0.5, 0.6) is 5.75 Å². The van der Waals surface area contributed by atoms with Gasteiger partial charge in [0.05, 0.1) is 0 Å². The van der Waals surface area contributed by atoms with Gasteiger partial charge in [0.25, 0.3) is 0 Å². The van der Waals surface area contributed by atoms with Crippen LogP contribution in [0.1, 0.15) is 42.9 Å². The van der Waals surface area contributed by atoms with Gasteiger partial charge in [-0.3, -0.25) is 9.59 Å². The van der Waals surface area contributed by atoms with Crippen LogP contribution in [0.2, 0.25) is 0 Å². The minimum atomic E-state index is -0.326. The molecule has 1 aromatic rings. The molecule has 2 aliphatic carbocycles. The van der Waals surface area contributed by atoms with Crippen LogP contribution in [0.3, 0.4) is 0 Å². The Kier molecular flexibility index (Phi) is 2.46. The fourth-order valence-corrected chi connectivity index (χ4v) is 5.87. The molecule has 4 atom stereocenters. The number of amides is 1. The van der Waals surface area contributed by atoms with Gasteiger partial charge in [-0.2, -0.15) is 0 Å². The predicted octanol–water partition coefficient (Wildman–Crippen LogP) is 2.15. The third-order valence-electron chi connectivity index (χ3n) is 6.73. The minimum Gasteiger partial charge on any atom is -0.481 e. The van der Waals surface area contributed by atoms with Crippen LogP contribution >= 0.6 is 0 Å². The molecule has 1 saturated carbocycles. The zero-order chi connectivity index (χ0) is 15.9. The van der Waals surface area contributed by atoms with Crippen LogP contribution in [0.25, 0.3) is 0 Å². The predicted molar refractivity (Wildman–Crippen MR) is 84.5 cm³/mol. The molecule has 5 rings (SSSR count). The molecule has 2 bridgehead atoms. The Bertz CT molecular complexity index is 755. The van der Waals surface area contributed by atoms with Crippen molar-refractivity contribution in [2.45, 2.75) is 57.1 Å². The molecule has 1 saturated heterocycles. The summed E-state index contributed by atoms with van der Waals surface area (Å²) in [5.41, 5.74) is 3.54. The summed E-state index contributed by atoms with van der Waals surface area (Å²) in [7, 11) is 0. The molecule has 4 aliphatic rings. The number of likely N-dealkylation sites (tertiary alicyclic amines) is 1. The van der Waals surface area contributed by atoms with E-state index in [9.17, 15) is 9.59 Å². The maximum Gasteiger partial charge on any atom is 0.219 e. The fourth-order valence-electron chi connectivity index (χ4n) is 5.87. The Morgan fingerprint density at radius 3 is 3.00 bits per heavy atom. The van der Waals surface area contributed by atoms with Gasteiger partial charge in [0.15, 0.2) is 11.9 Å². The molecule has 120 valence electrons. The maximum absolute atomic E-state index is 12.6. The van der Waals surface area contributed by atoms with Gasteiger partial charge in [-0.05, 0) is 43.2 Å². The SMILES string of the molecule is CC(=O)N1CC[C@]23c4c5ccc(C)c4O[C@H]2C(=O)CC[C@H]3[C@H]1C5. The van der Waals surface area contributed by atoms with Crippen LogP contribution in [-0.4, -0.2) is 35.3 Å². The highest BCUT2D eigenvalue weighted by atomic mass is 16.5. The van der Waals surface area contributed by atoms with E-state index < -0.39 is 0 Å². The molecule has 0 unspecified atom stereocenters. The first-order chi connectivity index (χ1) is 11.0. The molecular weight excluding hydrogens is 290 g/mol. The van der Waals surface area contributed by atoms with E-state index >= 15 is 0 Å². The topological polar surface area (TPSA) is 46.6 Å². The molecule has 1 aromatic carbocycles. The lowest BCUT2D eigenvalue weighted by molar-refractivity contribution is -0.146. The number of benzene rings is 1. The fraction of sp³-hybridized carbons (Fsp3) is 0.579. The number of hydrogen-bond acceptors (Lipinski definition) is 3. The van der Waals surface area contributed by atoms with Gasteiger partial charge in [-0.1, -0.05) is 12.1 Å². The smallest absolute Gasteiger partial charge is 0.219 e. The number of hydrogen-bond donors (Lipinski definition) is 0. The normalized spacial score (nSPS) is 36.5. The van der Waals surface area contributed by atoms with Crippen molar-refractivity contribution in [1.29, 1.82) is 0 Å². The number of piperidine rings is 1. The summed E-state index contributed by atoms with van der Waals surface area (Å²) in [6.45, 7) is 4.49.